The molecule has 0 N–H and O–H groups in total. The molecule has 172 valence electrons. The summed E-state index contributed by atoms with van der Waals surface area (Å²) < 4.78 is 23.6. The van der Waals surface area contributed by atoms with Crippen LogP contribution in [0.1, 0.15) is 51.3 Å². The maximum absolute atomic E-state index is 6.16. The van der Waals surface area contributed by atoms with Gasteiger partial charge >= 0.3 is 0 Å². The molecular formula is C27H35NO4. The van der Waals surface area contributed by atoms with Gasteiger partial charge in [-0.1, -0.05) is 31.5 Å². The van der Waals surface area contributed by atoms with Crippen molar-refractivity contribution in [3.63, 3.8) is 0 Å². The van der Waals surface area contributed by atoms with Gasteiger partial charge in [0.25, 0.3) is 0 Å². The second-order valence-electron chi connectivity index (χ2n) is 8.56. The highest BCUT2D eigenvalue weighted by Gasteiger charge is 2.16. The zero-order valence-corrected chi connectivity index (χ0v) is 19.9. The van der Waals surface area contributed by atoms with Crippen molar-refractivity contribution in [1.29, 1.82) is 0 Å². The first-order valence-corrected chi connectivity index (χ1v) is 11.4. The standard InChI is InChI=1S/C27H35NO4/c1-6-7-16-31-26-20(2)25(28-24-14-9-8-13-23(24)26)19-32-22-12-10-11-21(18-22)30-17-15-27(3,4)29-5/h8-14,18H,6-7,15-17,19H2,1-5H3. The highest BCUT2D eigenvalue weighted by atomic mass is 16.5. The molecule has 2 aromatic carbocycles. The molecule has 0 fully saturated rings. The molecular weight excluding hydrogens is 402 g/mol. The van der Waals surface area contributed by atoms with Crippen LogP contribution in [-0.2, 0) is 11.3 Å². The summed E-state index contributed by atoms with van der Waals surface area (Å²) in [6.07, 6.45) is 2.92. The van der Waals surface area contributed by atoms with Gasteiger partial charge in [0, 0.05) is 30.5 Å². The van der Waals surface area contributed by atoms with Gasteiger partial charge in [-0.3, -0.25) is 0 Å². The lowest BCUT2D eigenvalue weighted by Gasteiger charge is -2.22. The Hall–Kier alpha value is -2.79. The molecule has 3 rings (SSSR count). The first-order chi connectivity index (χ1) is 15.4. The van der Waals surface area contributed by atoms with E-state index < -0.39 is 0 Å². The van der Waals surface area contributed by atoms with E-state index in [2.05, 4.69) is 33.8 Å². The van der Waals surface area contributed by atoms with Gasteiger partial charge in [-0.15, -0.1) is 0 Å². The van der Waals surface area contributed by atoms with E-state index in [0.717, 1.165) is 58.7 Å². The Morgan fingerprint density at radius 3 is 2.41 bits per heavy atom. The number of benzene rings is 2. The number of hydrogen-bond acceptors (Lipinski definition) is 5. The minimum atomic E-state index is -0.204. The van der Waals surface area contributed by atoms with Crippen LogP contribution < -0.4 is 14.2 Å². The Labute approximate surface area is 191 Å². The molecule has 0 spiro atoms. The molecule has 0 saturated heterocycles. The number of fused-ring (bicyclic) bond motifs is 1. The molecule has 3 aromatic rings. The van der Waals surface area contributed by atoms with Gasteiger partial charge in [0.05, 0.1) is 30.0 Å². The topological polar surface area (TPSA) is 49.8 Å². The van der Waals surface area contributed by atoms with E-state index >= 15 is 0 Å². The van der Waals surface area contributed by atoms with E-state index in [1.807, 2.05) is 42.5 Å². The molecule has 5 nitrogen and oxygen atoms in total. The average molecular weight is 438 g/mol. The van der Waals surface area contributed by atoms with Gasteiger partial charge in [-0.25, -0.2) is 4.98 Å². The molecule has 0 aliphatic heterocycles. The number of pyridine rings is 1. The van der Waals surface area contributed by atoms with E-state index in [-0.39, 0.29) is 5.60 Å². The molecule has 0 radical (unpaired) electrons. The minimum absolute atomic E-state index is 0.204. The lowest BCUT2D eigenvalue weighted by atomic mass is 10.1. The number of hydrogen-bond donors (Lipinski definition) is 0. The molecule has 5 heteroatoms. The van der Waals surface area contributed by atoms with E-state index in [0.29, 0.717) is 19.8 Å². The summed E-state index contributed by atoms with van der Waals surface area (Å²) in [4.78, 5) is 4.84. The first kappa shape index (κ1) is 23.9. The quantitative estimate of drug-likeness (QED) is 0.303. The van der Waals surface area contributed by atoms with Crippen LogP contribution in [-0.4, -0.2) is 30.9 Å². The van der Waals surface area contributed by atoms with E-state index in [9.17, 15) is 0 Å². The van der Waals surface area contributed by atoms with Crippen molar-refractivity contribution >= 4 is 10.9 Å². The monoisotopic (exact) mass is 437 g/mol. The van der Waals surface area contributed by atoms with Gasteiger partial charge in [0.15, 0.2) is 0 Å². The number of nitrogens with zero attached hydrogens (tertiary/aromatic N) is 1. The fourth-order valence-corrected chi connectivity index (χ4v) is 3.29. The summed E-state index contributed by atoms with van der Waals surface area (Å²) in [6.45, 7) is 9.96. The number of para-hydroxylation sites is 1. The molecule has 0 bridgehead atoms. The van der Waals surface area contributed by atoms with Gasteiger partial charge in [0.2, 0.25) is 0 Å². The van der Waals surface area contributed by atoms with Crippen molar-refractivity contribution in [2.45, 2.75) is 59.2 Å². The highest BCUT2D eigenvalue weighted by Crippen LogP contribution is 2.31. The third-order valence-corrected chi connectivity index (χ3v) is 5.63. The average Bonchev–Trinajstić information content (AvgIpc) is 2.79. The Morgan fingerprint density at radius 2 is 1.66 bits per heavy atom. The smallest absolute Gasteiger partial charge is 0.133 e. The molecule has 0 unspecified atom stereocenters. The summed E-state index contributed by atoms with van der Waals surface area (Å²) in [5, 5.41) is 1.04. The van der Waals surface area contributed by atoms with E-state index in [1.54, 1.807) is 7.11 Å². The fourth-order valence-electron chi connectivity index (χ4n) is 3.29. The van der Waals surface area contributed by atoms with Crippen LogP contribution in [0.2, 0.25) is 0 Å². The van der Waals surface area contributed by atoms with Gasteiger partial charge in [-0.2, -0.15) is 0 Å². The molecule has 0 amide bonds. The van der Waals surface area contributed by atoms with Crippen LogP contribution >= 0.6 is 0 Å². The number of unbranched alkanes of at least 4 members (excludes halogenated alkanes) is 1. The Morgan fingerprint density at radius 1 is 0.906 bits per heavy atom. The highest BCUT2D eigenvalue weighted by molar-refractivity contribution is 5.86. The summed E-state index contributed by atoms with van der Waals surface area (Å²) in [6, 6.07) is 15.8. The largest absolute Gasteiger partial charge is 0.493 e. The predicted octanol–water partition coefficient (Wildman–Crippen LogP) is 6.50. The molecule has 0 aliphatic rings. The van der Waals surface area contributed by atoms with Crippen LogP contribution in [0.25, 0.3) is 10.9 Å². The maximum atomic E-state index is 6.16. The third kappa shape index (κ3) is 6.36. The van der Waals surface area contributed by atoms with Crippen molar-refractivity contribution in [2.24, 2.45) is 0 Å². The second-order valence-corrected chi connectivity index (χ2v) is 8.56. The molecule has 1 aromatic heterocycles. The van der Waals surface area contributed by atoms with Crippen LogP contribution in [0.3, 0.4) is 0 Å². The number of rotatable bonds is 12. The molecule has 0 aliphatic carbocycles. The van der Waals surface area contributed by atoms with Crippen LogP contribution in [0, 0.1) is 6.92 Å². The third-order valence-electron chi connectivity index (χ3n) is 5.63. The van der Waals surface area contributed by atoms with Crippen molar-refractivity contribution in [1.82, 2.24) is 4.98 Å². The van der Waals surface area contributed by atoms with Crippen molar-refractivity contribution in [2.75, 3.05) is 20.3 Å². The van der Waals surface area contributed by atoms with Crippen molar-refractivity contribution in [3.8, 4) is 17.2 Å². The zero-order valence-electron chi connectivity index (χ0n) is 19.9. The molecule has 32 heavy (non-hydrogen) atoms. The first-order valence-electron chi connectivity index (χ1n) is 11.4. The predicted molar refractivity (Wildman–Crippen MR) is 129 cm³/mol. The maximum Gasteiger partial charge on any atom is 0.133 e. The molecule has 0 atom stereocenters. The lowest BCUT2D eigenvalue weighted by Crippen LogP contribution is -2.25. The van der Waals surface area contributed by atoms with E-state index in [4.69, 9.17) is 23.9 Å². The minimum Gasteiger partial charge on any atom is -0.493 e. The van der Waals surface area contributed by atoms with Gasteiger partial charge < -0.3 is 18.9 Å². The van der Waals surface area contributed by atoms with Crippen molar-refractivity contribution < 1.29 is 18.9 Å². The fraction of sp³-hybridized carbons (Fsp3) is 0.444. The summed E-state index contributed by atoms with van der Waals surface area (Å²) in [7, 11) is 1.72. The SMILES string of the molecule is CCCCOc1c(C)c(COc2cccc(OCCC(C)(C)OC)c2)nc2ccccc12. The Balaban J connectivity index is 1.71. The Kier molecular flexibility index (Phi) is 8.34. The zero-order chi connectivity index (χ0) is 23.0. The second kappa shape index (κ2) is 11.2. The number of methoxy groups -OCH3 is 1. The number of ether oxygens (including phenoxy) is 4. The van der Waals surface area contributed by atoms with E-state index in [1.165, 1.54) is 0 Å². The van der Waals surface area contributed by atoms with Gasteiger partial charge in [-0.05, 0) is 51.5 Å². The van der Waals surface area contributed by atoms with Crippen molar-refractivity contribution in [3.05, 3.63) is 59.8 Å². The lowest BCUT2D eigenvalue weighted by molar-refractivity contribution is 0.00544. The van der Waals surface area contributed by atoms with Crippen LogP contribution in [0.15, 0.2) is 48.5 Å². The Bertz CT molecular complexity index is 1020. The number of aromatic nitrogens is 1. The summed E-state index contributed by atoms with van der Waals surface area (Å²) in [5.41, 5.74) is 2.61. The molecule has 0 saturated carbocycles. The van der Waals surface area contributed by atoms with Crippen LogP contribution in [0.4, 0.5) is 0 Å². The summed E-state index contributed by atoms with van der Waals surface area (Å²) in [5.74, 6) is 2.43. The molecule has 1 heterocycles. The van der Waals surface area contributed by atoms with Gasteiger partial charge in [0.1, 0.15) is 23.9 Å². The summed E-state index contributed by atoms with van der Waals surface area (Å²) >= 11 is 0. The van der Waals surface area contributed by atoms with Crippen LogP contribution in [0.5, 0.6) is 17.2 Å². The normalized spacial score (nSPS) is 11.5.